The van der Waals surface area contributed by atoms with Gasteiger partial charge in [-0.2, -0.15) is 0 Å². The quantitative estimate of drug-likeness (QED) is 0.800. The van der Waals surface area contributed by atoms with Crippen molar-refractivity contribution in [3.63, 3.8) is 0 Å². The zero-order chi connectivity index (χ0) is 13.9. The molecule has 0 radical (unpaired) electrons. The minimum atomic E-state index is 0.171. The highest BCUT2D eigenvalue weighted by Gasteiger charge is 2.34. The highest BCUT2D eigenvalue weighted by atomic mass is 16.1. The normalized spacial score (nSPS) is 22.9. The number of hydrogen-bond acceptors (Lipinski definition) is 3. The Hall–Kier alpha value is -1.55. The fraction of sp³-hybridized carbons (Fsp3) is 0.562. The average Bonchev–Trinajstić information content (AvgIpc) is 3.19. The first kappa shape index (κ1) is 13.4. The molecule has 1 atom stereocenters. The third kappa shape index (κ3) is 3.51. The lowest BCUT2D eigenvalue weighted by Gasteiger charge is -2.15. The van der Waals surface area contributed by atoms with E-state index in [2.05, 4.69) is 10.2 Å². The summed E-state index contributed by atoms with van der Waals surface area (Å²) in [6.07, 6.45) is 5.13. The number of hydrogen-bond donors (Lipinski definition) is 2. The molecule has 1 aliphatic heterocycles. The Morgan fingerprint density at radius 3 is 2.70 bits per heavy atom. The average molecular weight is 273 g/mol. The summed E-state index contributed by atoms with van der Waals surface area (Å²) in [6.45, 7) is 2.19. The number of likely N-dealkylation sites (tertiary alicyclic amines) is 1. The number of aryl methyl sites for hydroxylation is 1. The number of rotatable bonds is 5. The number of anilines is 1. The number of nitrogens with zero attached hydrogens (tertiary/aromatic N) is 1. The molecule has 1 saturated heterocycles. The summed E-state index contributed by atoms with van der Waals surface area (Å²) in [5.41, 5.74) is 7.58. The Bertz CT molecular complexity index is 467. The first-order chi connectivity index (χ1) is 9.70. The first-order valence-electron chi connectivity index (χ1n) is 7.58. The van der Waals surface area contributed by atoms with Gasteiger partial charge in [0.05, 0.1) is 0 Å². The van der Waals surface area contributed by atoms with Crippen LogP contribution in [0.1, 0.15) is 31.2 Å². The lowest BCUT2D eigenvalue weighted by molar-refractivity contribution is -0.121. The Kier molecular flexibility index (Phi) is 3.92. The van der Waals surface area contributed by atoms with E-state index in [0.717, 1.165) is 37.7 Å². The first-order valence-corrected chi connectivity index (χ1v) is 7.58. The van der Waals surface area contributed by atoms with Crippen molar-refractivity contribution in [1.29, 1.82) is 0 Å². The van der Waals surface area contributed by atoms with Crippen LogP contribution in [0.4, 0.5) is 5.69 Å². The van der Waals surface area contributed by atoms with Gasteiger partial charge >= 0.3 is 0 Å². The van der Waals surface area contributed by atoms with E-state index in [9.17, 15) is 4.79 Å². The number of carbonyl (C=O) groups excluding carboxylic acids is 1. The van der Waals surface area contributed by atoms with E-state index in [1.165, 1.54) is 18.4 Å². The van der Waals surface area contributed by atoms with Gasteiger partial charge in [0, 0.05) is 37.3 Å². The molecule has 2 aliphatic rings. The summed E-state index contributed by atoms with van der Waals surface area (Å²) < 4.78 is 0. The number of benzene rings is 1. The zero-order valence-electron chi connectivity index (χ0n) is 11.8. The molecule has 1 aromatic rings. The van der Waals surface area contributed by atoms with Crippen molar-refractivity contribution in [2.24, 2.45) is 0 Å². The summed E-state index contributed by atoms with van der Waals surface area (Å²) in [5.74, 6) is 0.171. The minimum Gasteiger partial charge on any atom is -0.399 e. The maximum absolute atomic E-state index is 12.0. The molecule has 1 aliphatic carbocycles. The number of nitrogen functional groups attached to an aromatic ring is 1. The van der Waals surface area contributed by atoms with E-state index in [1.54, 1.807) is 0 Å². The van der Waals surface area contributed by atoms with Gasteiger partial charge in [0.15, 0.2) is 0 Å². The molecule has 1 aromatic carbocycles. The number of nitrogens with one attached hydrogen (secondary N) is 1. The maximum Gasteiger partial charge on any atom is 0.220 e. The Morgan fingerprint density at radius 2 is 2.00 bits per heavy atom. The van der Waals surface area contributed by atoms with Crippen LogP contribution >= 0.6 is 0 Å². The molecule has 1 unspecified atom stereocenters. The van der Waals surface area contributed by atoms with Gasteiger partial charge in [0.2, 0.25) is 5.91 Å². The molecular weight excluding hydrogens is 250 g/mol. The second-order valence-corrected chi connectivity index (χ2v) is 6.02. The van der Waals surface area contributed by atoms with Crippen molar-refractivity contribution >= 4 is 11.6 Å². The van der Waals surface area contributed by atoms with Crippen LogP contribution in [0.25, 0.3) is 0 Å². The molecule has 0 aromatic heterocycles. The zero-order valence-corrected chi connectivity index (χ0v) is 11.8. The monoisotopic (exact) mass is 273 g/mol. The Morgan fingerprint density at radius 1 is 1.25 bits per heavy atom. The van der Waals surface area contributed by atoms with Gasteiger partial charge in [-0.1, -0.05) is 12.1 Å². The van der Waals surface area contributed by atoms with Crippen LogP contribution in [0, 0.1) is 0 Å². The van der Waals surface area contributed by atoms with Gasteiger partial charge in [-0.25, -0.2) is 0 Å². The van der Waals surface area contributed by atoms with Crippen LogP contribution in [0.15, 0.2) is 24.3 Å². The molecular formula is C16H23N3O. The maximum atomic E-state index is 12.0. The van der Waals surface area contributed by atoms with Crippen LogP contribution in [0.2, 0.25) is 0 Å². The van der Waals surface area contributed by atoms with Crippen molar-refractivity contribution in [2.75, 3.05) is 18.8 Å². The summed E-state index contributed by atoms with van der Waals surface area (Å²) in [7, 11) is 0. The minimum absolute atomic E-state index is 0.171. The lowest BCUT2D eigenvalue weighted by atomic mass is 10.1. The molecule has 4 heteroatoms. The van der Waals surface area contributed by atoms with Crippen molar-refractivity contribution in [3.8, 4) is 0 Å². The topological polar surface area (TPSA) is 58.4 Å². The van der Waals surface area contributed by atoms with E-state index in [-0.39, 0.29) is 5.91 Å². The molecule has 20 heavy (non-hydrogen) atoms. The second kappa shape index (κ2) is 5.83. The standard InChI is InChI=1S/C16H23N3O/c17-13-4-1-12(2-5-13)3-8-16(20)18-14-9-10-19(11-14)15-6-7-15/h1-2,4-5,14-15H,3,6-11,17H2,(H,18,20). The highest BCUT2D eigenvalue weighted by molar-refractivity contribution is 5.76. The van der Waals surface area contributed by atoms with Crippen molar-refractivity contribution in [3.05, 3.63) is 29.8 Å². The molecule has 0 bridgehead atoms. The number of amides is 1. The number of nitrogens with two attached hydrogens (primary N) is 1. The van der Waals surface area contributed by atoms with Crippen LogP contribution in [-0.2, 0) is 11.2 Å². The fourth-order valence-corrected chi connectivity index (χ4v) is 2.92. The highest BCUT2D eigenvalue weighted by Crippen LogP contribution is 2.29. The van der Waals surface area contributed by atoms with Crippen LogP contribution in [0.3, 0.4) is 0 Å². The molecule has 108 valence electrons. The smallest absolute Gasteiger partial charge is 0.220 e. The number of carbonyl (C=O) groups is 1. The van der Waals surface area contributed by atoms with E-state index >= 15 is 0 Å². The van der Waals surface area contributed by atoms with Gasteiger partial charge < -0.3 is 11.1 Å². The van der Waals surface area contributed by atoms with Crippen LogP contribution < -0.4 is 11.1 Å². The summed E-state index contributed by atoms with van der Waals surface area (Å²) in [4.78, 5) is 14.5. The Balaban J connectivity index is 1.40. The molecule has 0 spiro atoms. The van der Waals surface area contributed by atoms with Crippen LogP contribution in [0.5, 0.6) is 0 Å². The Labute approximate surface area is 120 Å². The molecule has 1 heterocycles. The molecule has 2 fully saturated rings. The van der Waals surface area contributed by atoms with E-state index in [1.807, 2.05) is 24.3 Å². The third-order valence-corrected chi connectivity index (χ3v) is 4.27. The van der Waals surface area contributed by atoms with Gasteiger partial charge in [-0.3, -0.25) is 9.69 Å². The summed E-state index contributed by atoms with van der Waals surface area (Å²) in [6, 6.07) is 8.93. The summed E-state index contributed by atoms with van der Waals surface area (Å²) in [5, 5.41) is 3.17. The lowest BCUT2D eigenvalue weighted by Crippen LogP contribution is -2.37. The predicted octanol–water partition coefficient (Wildman–Crippen LogP) is 1.55. The van der Waals surface area contributed by atoms with Gasteiger partial charge in [-0.15, -0.1) is 0 Å². The molecule has 4 nitrogen and oxygen atoms in total. The van der Waals surface area contributed by atoms with Gasteiger partial charge in [-0.05, 0) is 43.4 Å². The fourth-order valence-electron chi connectivity index (χ4n) is 2.92. The molecule has 3 rings (SSSR count). The molecule has 3 N–H and O–H groups in total. The third-order valence-electron chi connectivity index (χ3n) is 4.27. The summed E-state index contributed by atoms with van der Waals surface area (Å²) >= 11 is 0. The molecule has 1 amide bonds. The van der Waals surface area contributed by atoms with Crippen molar-refractivity contribution < 1.29 is 4.79 Å². The van der Waals surface area contributed by atoms with Crippen molar-refractivity contribution in [2.45, 2.75) is 44.2 Å². The van der Waals surface area contributed by atoms with Crippen LogP contribution in [-0.4, -0.2) is 36.0 Å². The van der Waals surface area contributed by atoms with E-state index < -0.39 is 0 Å². The predicted molar refractivity (Wildman–Crippen MR) is 80.3 cm³/mol. The van der Waals surface area contributed by atoms with E-state index in [4.69, 9.17) is 5.73 Å². The second-order valence-electron chi connectivity index (χ2n) is 6.02. The SMILES string of the molecule is Nc1ccc(CCC(=O)NC2CCN(C3CC3)C2)cc1. The van der Waals surface area contributed by atoms with Crippen molar-refractivity contribution in [1.82, 2.24) is 10.2 Å². The van der Waals surface area contributed by atoms with Gasteiger partial charge in [0.1, 0.15) is 0 Å². The molecule has 1 saturated carbocycles. The van der Waals surface area contributed by atoms with E-state index in [0.29, 0.717) is 12.5 Å². The largest absolute Gasteiger partial charge is 0.399 e. The van der Waals surface area contributed by atoms with Gasteiger partial charge in [0.25, 0.3) is 0 Å².